The minimum atomic E-state index is -0.396. The summed E-state index contributed by atoms with van der Waals surface area (Å²) >= 11 is 5.57. The van der Waals surface area contributed by atoms with Crippen LogP contribution >= 0.6 is 12.2 Å². The van der Waals surface area contributed by atoms with E-state index in [0.29, 0.717) is 17.2 Å². The van der Waals surface area contributed by atoms with Crippen molar-refractivity contribution in [3.8, 4) is 11.5 Å². The Labute approximate surface area is 223 Å². The Morgan fingerprint density at radius 3 is 2.59 bits per heavy atom. The summed E-state index contributed by atoms with van der Waals surface area (Å²) in [4.78, 5) is 14.5. The Balaban J connectivity index is 1.29. The normalized spacial score (nSPS) is 13.2. The Hall–Kier alpha value is -3.90. The molecule has 1 unspecified atom stereocenters. The molecule has 4 aromatic rings. The zero-order valence-corrected chi connectivity index (χ0v) is 21.7. The first-order valence-corrected chi connectivity index (χ1v) is 13.1. The van der Waals surface area contributed by atoms with Crippen molar-refractivity contribution in [2.24, 2.45) is 0 Å². The van der Waals surface area contributed by atoms with Crippen LogP contribution in [0, 0.1) is 0 Å². The average molecular weight is 511 g/mol. The third kappa shape index (κ3) is 5.75. The third-order valence-electron chi connectivity index (χ3n) is 6.52. The van der Waals surface area contributed by atoms with E-state index in [-0.39, 0.29) is 5.91 Å². The molecule has 0 saturated carbocycles. The van der Waals surface area contributed by atoms with Gasteiger partial charge >= 0.3 is 0 Å². The van der Waals surface area contributed by atoms with Gasteiger partial charge in [0.05, 0.1) is 0 Å². The Morgan fingerprint density at radius 2 is 1.76 bits per heavy atom. The number of hydrogen-bond acceptors (Lipinski definition) is 4. The van der Waals surface area contributed by atoms with Gasteiger partial charge in [0, 0.05) is 29.6 Å². The van der Waals surface area contributed by atoms with Gasteiger partial charge in [0.2, 0.25) is 6.29 Å². The molecule has 0 radical (unpaired) electrons. The van der Waals surface area contributed by atoms with Gasteiger partial charge in [0.1, 0.15) is 11.5 Å². The fourth-order valence-electron chi connectivity index (χ4n) is 4.59. The lowest BCUT2D eigenvalue weighted by Gasteiger charge is -2.23. The van der Waals surface area contributed by atoms with Gasteiger partial charge in [0.15, 0.2) is 5.11 Å². The van der Waals surface area contributed by atoms with Crippen LogP contribution in [0.1, 0.15) is 42.1 Å². The van der Waals surface area contributed by atoms with E-state index in [4.69, 9.17) is 21.7 Å². The van der Waals surface area contributed by atoms with E-state index < -0.39 is 6.29 Å². The quantitative estimate of drug-likeness (QED) is 0.207. The topological polar surface area (TPSA) is 50.8 Å². The van der Waals surface area contributed by atoms with E-state index in [0.717, 1.165) is 59.2 Å². The predicted octanol–water partition coefficient (Wildman–Crippen LogP) is 6.89. The van der Waals surface area contributed by atoms with Gasteiger partial charge in [-0.2, -0.15) is 0 Å². The number of anilines is 1. The first-order chi connectivity index (χ1) is 18.1. The SMILES string of the molecule is CCCCC(Oc1ccc2c(c1)CCN2C(=S)NC(=O)c1ccccc1)Oc1cccc2ccccc12. The van der Waals surface area contributed by atoms with Crippen molar-refractivity contribution in [1.82, 2.24) is 5.32 Å². The lowest BCUT2D eigenvalue weighted by Crippen LogP contribution is -2.41. The summed E-state index contributed by atoms with van der Waals surface area (Å²) in [6, 6.07) is 29.4. The number of nitrogens with zero attached hydrogens (tertiary/aromatic N) is 1. The van der Waals surface area contributed by atoms with Crippen molar-refractivity contribution < 1.29 is 14.3 Å². The summed E-state index contributed by atoms with van der Waals surface area (Å²) in [5, 5.41) is 5.48. The van der Waals surface area contributed by atoms with E-state index >= 15 is 0 Å². The van der Waals surface area contributed by atoms with Crippen LogP contribution in [-0.2, 0) is 6.42 Å². The molecule has 37 heavy (non-hydrogen) atoms. The summed E-state index contributed by atoms with van der Waals surface area (Å²) in [7, 11) is 0. The zero-order valence-electron chi connectivity index (χ0n) is 20.9. The molecular formula is C31H30N2O3S. The van der Waals surface area contributed by atoms with Crippen LogP contribution in [0.25, 0.3) is 10.8 Å². The largest absolute Gasteiger partial charge is 0.455 e. The summed E-state index contributed by atoms with van der Waals surface area (Å²) in [6.45, 7) is 2.87. The van der Waals surface area contributed by atoms with Crippen molar-refractivity contribution >= 4 is 39.7 Å². The molecule has 0 aliphatic carbocycles. The lowest BCUT2D eigenvalue weighted by atomic mass is 10.1. The second-order valence-electron chi connectivity index (χ2n) is 9.10. The highest BCUT2D eigenvalue weighted by atomic mass is 32.1. The van der Waals surface area contributed by atoms with Crippen molar-refractivity contribution in [3.63, 3.8) is 0 Å². The number of thiocarbonyl (C=S) groups is 1. The summed E-state index contributed by atoms with van der Waals surface area (Å²) in [6.07, 6.45) is 3.27. The van der Waals surface area contributed by atoms with E-state index in [1.54, 1.807) is 12.1 Å². The van der Waals surface area contributed by atoms with Gasteiger partial charge in [0.25, 0.3) is 5.91 Å². The fourth-order valence-corrected chi connectivity index (χ4v) is 4.88. The van der Waals surface area contributed by atoms with Crippen molar-refractivity contribution in [1.29, 1.82) is 0 Å². The van der Waals surface area contributed by atoms with Crippen molar-refractivity contribution in [2.45, 2.75) is 38.9 Å². The standard InChI is InChI=1S/C31H30N2O3S/c1-2-3-16-29(36-28-15-9-13-22-10-7-8-14-26(22)28)35-25-17-18-27-24(21-25)19-20-33(27)31(37)32-30(34)23-11-5-4-6-12-23/h4-15,17-18,21,29H,2-3,16,19-20H2,1H3,(H,32,34,37). The van der Waals surface area contributed by atoms with Crippen LogP contribution < -0.4 is 19.7 Å². The van der Waals surface area contributed by atoms with E-state index in [2.05, 4.69) is 36.5 Å². The number of fused-ring (bicyclic) bond motifs is 2. The third-order valence-corrected chi connectivity index (χ3v) is 6.84. The first-order valence-electron chi connectivity index (χ1n) is 12.7. The molecule has 1 aliphatic heterocycles. The summed E-state index contributed by atoms with van der Waals surface area (Å²) < 4.78 is 12.8. The zero-order chi connectivity index (χ0) is 25.6. The van der Waals surface area contributed by atoms with Gasteiger partial charge < -0.3 is 14.4 Å². The van der Waals surface area contributed by atoms with E-state index in [1.807, 2.05) is 59.5 Å². The lowest BCUT2D eigenvalue weighted by molar-refractivity contribution is -0.00100. The molecule has 5 rings (SSSR count). The molecule has 0 aromatic heterocycles. The summed E-state index contributed by atoms with van der Waals surface area (Å²) in [5.41, 5.74) is 2.70. The Bertz CT molecular complexity index is 1400. The van der Waals surface area contributed by atoms with Crippen LogP contribution in [0.15, 0.2) is 91.0 Å². The molecule has 5 nitrogen and oxygen atoms in total. The molecule has 1 aliphatic rings. The number of rotatable bonds is 8. The molecule has 1 amide bonds. The van der Waals surface area contributed by atoms with Crippen LogP contribution in [0.5, 0.6) is 11.5 Å². The smallest absolute Gasteiger partial charge is 0.257 e. The van der Waals surface area contributed by atoms with Gasteiger partial charge in [-0.3, -0.25) is 10.1 Å². The molecule has 1 heterocycles. The monoisotopic (exact) mass is 510 g/mol. The van der Waals surface area contributed by atoms with Crippen LogP contribution in [0.2, 0.25) is 0 Å². The second-order valence-corrected chi connectivity index (χ2v) is 9.49. The highest BCUT2D eigenvalue weighted by molar-refractivity contribution is 7.80. The molecule has 0 spiro atoms. The average Bonchev–Trinajstić information content (AvgIpc) is 3.36. The van der Waals surface area contributed by atoms with Gasteiger partial charge in [-0.25, -0.2) is 0 Å². The molecule has 6 heteroatoms. The fraction of sp³-hybridized carbons (Fsp3) is 0.226. The summed E-state index contributed by atoms with van der Waals surface area (Å²) in [5.74, 6) is 1.38. The Morgan fingerprint density at radius 1 is 0.973 bits per heavy atom. The number of benzene rings is 4. The van der Waals surface area contributed by atoms with Gasteiger partial charge in [-0.1, -0.05) is 67.9 Å². The molecule has 188 valence electrons. The van der Waals surface area contributed by atoms with E-state index in [9.17, 15) is 4.79 Å². The molecule has 0 fully saturated rings. The molecule has 0 bridgehead atoms. The maximum Gasteiger partial charge on any atom is 0.257 e. The first kappa shape index (κ1) is 24.8. The van der Waals surface area contributed by atoms with Gasteiger partial charge in [-0.05, 0) is 72.4 Å². The number of nitrogens with one attached hydrogen (secondary N) is 1. The van der Waals surface area contributed by atoms with Crippen molar-refractivity contribution in [3.05, 3.63) is 102 Å². The highest BCUT2D eigenvalue weighted by Crippen LogP contribution is 2.33. The predicted molar refractivity (Wildman–Crippen MR) is 153 cm³/mol. The molecule has 1 N–H and O–H groups in total. The van der Waals surface area contributed by atoms with Crippen molar-refractivity contribution in [2.75, 3.05) is 11.4 Å². The molecule has 0 saturated heterocycles. The number of carbonyl (C=O) groups is 1. The molecule has 1 atom stereocenters. The number of carbonyl (C=O) groups excluding carboxylic acids is 1. The van der Waals surface area contributed by atoms with Crippen LogP contribution in [-0.4, -0.2) is 23.9 Å². The van der Waals surface area contributed by atoms with Crippen LogP contribution in [0.4, 0.5) is 5.69 Å². The maximum atomic E-state index is 12.6. The van der Waals surface area contributed by atoms with Gasteiger partial charge in [-0.15, -0.1) is 0 Å². The minimum Gasteiger partial charge on any atom is -0.455 e. The van der Waals surface area contributed by atoms with Crippen LogP contribution in [0.3, 0.4) is 0 Å². The Kier molecular flexibility index (Phi) is 7.66. The molecule has 4 aromatic carbocycles. The number of hydrogen-bond donors (Lipinski definition) is 1. The molecular weight excluding hydrogens is 480 g/mol. The second kappa shape index (κ2) is 11.4. The minimum absolute atomic E-state index is 0.205. The number of amides is 1. The maximum absolute atomic E-state index is 12.6. The highest BCUT2D eigenvalue weighted by Gasteiger charge is 2.25. The number of ether oxygens (including phenoxy) is 2. The number of unbranched alkanes of at least 4 members (excludes halogenated alkanes) is 1. The van der Waals surface area contributed by atoms with E-state index in [1.165, 1.54) is 0 Å².